The molecule has 0 heterocycles. The Labute approximate surface area is 207 Å². The molecule has 0 atom stereocenters. The lowest BCUT2D eigenvalue weighted by Crippen LogP contribution is -2.46. The lowest BCUT2D eigenvalue weighted by atomic mass is 10.1. The van der Waals surface area contributed by atoms with E-state index in [1.807, 2.05) is 51.1 Å². The second kappa shape index (κ2) is 15.2. The van der Waals surface area contributed by atoms with Crippen LogP contribution in [-0.2, 0) is 22.8 Å². The van der Waals surface area contributed by atoms with Crippen LogP contribution in [0.25, 0.3) is 16.8 Å². The Morgan fingerprint density at radius 1 is 0.943 bits per heavy atom. The maximum Gasteiger partial charge on any atom is 0.500 e. The summed E-state index contributed by atoms with van der Waals surface area (Å²) in [7, 11) is -2.71. The van der Waals surface area contributed by atoms with Gasteiger partial charge < -0.3 is 38.0 Å². The Bertz CT molecular complexity index is 964. The van der Waals surface area contributed by atoms with E-state index in [2.05, 4.69) is 5.32 Å². The van der Waals surface area contributed by atoms with Crippen LogP contribution in [0.1, 0.15) is 32.8 Å². The van der Waals surface area contributed by atoms with E-state index in [4.69, 9.17) is 22.8 Å². The number of nitrogens with one attached hydrogen (secondary N) is 1. The van der Waals surface area contributed by atoms with Crippen molar-refractivity contribution in [3.63, 3.8) is 0 Å². The fourth-order valence-corrected chi connectivity index (χ4v) is 6.05. The summed E-state index contributed by atoms with van der Waals surface area (Å²) in [5.41, 5.74) is 0.761. The molecule has 2 aromatic carbocycles. The van der Waals surface area contributed by atoms with Crippen LogP contribution in [0.4, 0.5) is 4.79 Å². The van der Waals surface area contributed by atoms with Crippen LogP contribution in [0.3, 0.4) is 0 Å². The van der Waals surface area contributed by atoms with Gasteiger partial charge in [-0.1, -0.05) is 24.3 Å². The van der Waals surface area contributed by atoms with Gasteiger partial charge in [0.05, 0.1) is 5.97 Å². The molecule has 0 unspecified atom stereocenters. The van der Waals surface area contributed by atoms with E-state index in [1.165, 1.54) is 6.08 Å². The van der Waals surface area contributed by atoms with Gasteiger partial charge in [0.15, 0.2) is 0 Å². The molecule has 0 aromatic heterocycles. The molecule has 0 saturated heterocycles. The highest BCUT2D eigenvalue weighted by molar-refractivity contribution is 6.60. The van der Waals surface area contributed by atoms with Crippen molar-refractivity contribution in [1.29, 1.82) is 0 Å². The lowest BCUT2D eigenvalue weighted by Gasteiger charge is -2.28. The molecule has 1 amide bonds. The summed E-state index contributed by atoms with van der Waals surface area (Å²) in [6, 6.07) is 11.7. The lowest BCUT2D eigenvalue weighted by molar-refractivity contribution is -0.297. The van der Waals surface area contributed by atoms with E-state index in [0.717, 1.165) is 22.4 Å². The Balaban J connectivity index is 1.71. The molecular formula is C25H34NO8Si-. The molecule has 0 aliphatic heterocycles. The Morgan fingerprint density at radius 2 is 1.60 bits per heavy atom. The van der Waals surface area contributed by atoms with Crippen LogP contribution in [0.15, 0.2) is 42.5 Å². The number of benzene rings is 2. The Kier molecular flexibility index (Phi) is 12.3. The predicted octanol–water partition coefficient (Wildman–Crippen LogP) is 3.15. The van der Waals surface area contributed by atoms with Crippen molar-refractivity contribution in [2.45, 2.75) is 33.2 Å². The fraction of sp³-hybridized carbons (Fsp3) is 0.440. The van der Waals surface area contributed by atoms with Gasteiger partial charge in [-0.25, -0.2) is 4.79 Å². The zero-order valence-electron chi connectivity index (χ0n) is 20.5. The maximum absolute atomic E-state index is 11.9. The summed E-state index contributed by atoms with van der Waals surface area (Å²) in [6.45, 7) is 8.01. The van der Waals surface area contributed by atoms with Gasteiger partial charge in [0.1, 0.15) is 19.0 Å². The fourth-order valence-electron chi connectivity index (χ4n) is 3.44. The molecule has 0 aliphatic carbocycles. The van der Waals surface area contributed by atoms with E-state index >= 15 is 0 Å². The number of aliphatic carboxylic acids is 1. The smallest absolute Gasteiger partial charge is 0.500 e. The SMILES string of the molecule is CCO[Si](CCCNC(=O)OCCOc1ccc2cc(/C=C/C(=O)[O-])ccc2c1)(OCC)OCC. The number of carbonyl (C=O) groups excluding carboxylic acids is 2. The molecule has 9 nitrogen and oxygen atoms in total. The molecule has 2 aromatic rings. The number of fused-ring (bicyclic) bond motifs is 1. The van der Waals surface area contributed by atoms with E-state index in [0.29, 0.717) is 44.6 Å². The minimum Gasteiger partial charge on any atom is -0.545 e. The van der Waals surface area contributed by atoms with Gasteiger partial charge in [-0.2, -0.15) is 0 Å². The van der Waals surface area contributed by atoms with Crippen molar-refractivity contribution in [2.24, 2.45) is 0 Å². The average molecular weight is 505 g/mol. The van der Waals surface area contributed by atoms with Gasteiger partial charge in [-0.15, -0.1) is 0 Å². The van der Waals surface area contributed by atoms with Crippen molar-refractivity contribution in [1.82, 2.24) is 5.32 Å². The minimum absolute atomic E-state index is 0.104. The third kappa shape index (κ3) is 10.1. The summed E-state index contributed by atoms with van der Waals surface area (Å²) in [6.07, 6.45) is 2.61. The number of ether oxygens (including phenoxy) is 2. The third-order valence-corrected chi connectivity index (χ3v) is 8.01. The number of hydrogen-bond acceptors (Lipinski definition) is 8. The van der Waals surface area contributed by atoms with Crippen molar-refractivity contribution >= 4 is 37.7 Å². The molecule has 0 spiro atoms. The molecule has 35 heavy (non-hydrogen) atoms. The van der Waals surface area contributed by atoms with Crippen molar-refractivity contribution in [3.05, 3.63) is 48.0 Å². The summed E-state index contributed by atoms with van der Waals surface area (Å²) >= 11 is 0. The largest absolute Gasteiger partial charge is 0.545 e. The highest BCUT2D eigenvalue weighted by Crippen LogP contribution is 2.23. The molecule has 0 radical (unpaired) electrons. The first-order chi connectivity index (χ1) is 16.9. The Morgan fingerprint density at radius 3 is 2.26 bits per heavy atom. The number of amides is 1. The number of carbonyl (C=O) groups is 2. The molecule has 0 bridgehead atoms. The van der Waals surface area contributed by atoms with Crippen LogP contribution in [0, 0.1) is 0 Å². The molecule has 192 valence electrons. The zero-order valence-corrected chi connectivity index (χ0v) is 21.5. The average Bonchev–Trinajstić information content (AvgIpc) is 2.83. The van der Waals surface area contributed by atoms with Crippen LogP contribution in [0.5, 0.6) is 5.75 Å². The number of alkyl carbamates (subject to hydrolysis) is 1. The second-order valence-electron chi connectivity index (χ2n) is 7.42. The van der Waals surface area contributed by atoms with Gasteiger partial charge in [-0.05, 0) is 67.8 Å². The monoisotopic (exact) mass is 504 g/mol. The van der Waals surface area contributed by atoms with Gasteiger partial charge in [0.25, 0.3) is 0 Å². The normalized spacial score (nSPS) is 11.6. The highest BCUT2D eigenvalue weighted by Gasteiger charge is 2.39. The van der Waals surface area contributed by atoms with E-state index in [1.54, 1.807) is 6.07 Å². The summed E-state index contributed by atoms with van der Waals surface area (Å²) < 4.78 is 28.2. The number of hydrogen-bond donors (Lipinski definition) is 1. The minimum atomic E-state index is -2.71. The van der Waals surface area contributed by atoms with E-state index < -0.39 is 20.9 Å². The van der Waals surface area contributed by atoms with Crippen LogP contribution < -0.4 is 15.2 Å². The van der Waals surface area contributed by atoms with Gasteiger partial charge in [-0.3, -0.25) is 0 Å². The van der Waals surface area contributed by atoms with Crippen molar-refractivity contribution in [3.8, 4) is 5.75 Å². The highest BCUT2D eigenvalue weighted by atomic mass is 28.4. The maximum atomic E-state index is 11.9. The standard InChI is InChI=1S/C25H35NO8Si/c1-4-32-35(33-5-2,34-6-3)17-7-14-26-25(29)31-16-15-30-23-12-11-21-18-20(9-13-24(27)28)8-10-22(21)19-23/h8-13,18-19H,4-7,14-17H2,1-3H3,(H,26,29)(H,27,28)/p-1/b13-9+. The topological polar surface area (TPSA) is 115 Å². The zero-order chi connectivity index (χ0) is 25.5. The first kappa shape index (κ1) is 28.3. The van der Waals surface area contributed by atoms with Gasteiger partial charge in [0.2, 0.25) is 0 Å². The molecule has 2 rings (SSSR count). The van der Waals surface area contributed by atoms with E-state index in [-0.39, 0.29) is 13.2 Å². The van der Waals surface area contributed by atoms with Gasteiger partial charge >= 0.3 is 14.9 Å². The van der Waals surface area contributed by atoms with E-state index in [9.17, 15) is 14.7 Å². The molecular weight excluding hydrogens is 470 g/mol. The number of carboxylic acid groups (broad SMARTS) is 1. The van der Waals surface area contributed by atoms with Crippen LogP contribution in [-0.4, -0.2) is 60.4 Å². The second-order valence-corrected chi connectivity index (χ2v) is 10.1. The summed E-state index contributed by atoms with van der Waals surface area (Å²) in [5, 5.41) is 15.2. The molecule has 1 N–H and O–H groups in total. The third-order valence-electron chi connectivity index (χ3n) is 4.85. The van der Waals surface area contributed by atoms with Crippen LogP contribution >= 0.6 is 0 Å². The first-order valence-corrected chi connectivity index (χ1v) is 13.7. The van der Waals surface area contributed by atoms with Crippen LogP contribution in [0.2, 0.25) is 6.04 Å². The predicted molar refractivity (Wildman–Crippen MR) is 133 cm³/mol. The molecule has 0 aliphatic rings. The van der Waals surface area contributed by atoms with Crippen molar-refractivity contribution < 1.29 is 37.4 Å². The quantitative estimate of drug-likeness (QED) is 0.211. The molecule has 0 fully saturated rings. The molecule has 10 heteroatoms. The summed E-state index contributed by atoms with van der Waals surface area (Å²) in [4.78, 5) is 22.5. The number of rotatable bonds is 16. The number of carboxylic acids is 1. The van der Waals surface area contributed by atoms with Crippen molar-refractivity contribution in [2.75, 3.05) is 39.6 Å². The first-order valence-electron chi connectivity index (χ1n) is 11.8. The Hall–Kier alpha value is -2.92. The van der Waals surface area contributed by atoms with Gasteiger partial charge in [0, 0.05) is 32.4 Å². The molecule has 0 saturated carbocycles. The summed E-state index contributed by atoms with van der Waals surface area (Å²) in [5.74, 6) is -0.596.